The van der Waals surface area contributed by atoms with Crippen molar-refractivity contribution in [1.29, 1.82) is 0 Å². The molecule has 0 atom stereocenters. The molecule has 2 aromatic rings. The van der Waals surface area contributed by atoms with E-state index in [-0.39, 0.29) is 5.12 Å². The zero-order valence-corrected chi connectivity index (χ0v) is 13.4. The van der Waals surface area contributed by atoms with Crippen LogP contribution in [0.5, 0.6) is 5.75 Å². The fourth-order valence-corrected chi connectivity index (χ4v) is 2.56. The van der Waals surface area contributed by atoms with Crippen LogP contribution in [0.1, 0.15) is 30.1 Å². The lowest BCUT2D eigenvalue weighted by Gasteiger charge is -2.06. The maximum atomic E-state index is 12.2. The number of benzene rings is 2. The molecule has 0 aliphatic heterocycles. The summed E-state index contributed by atoms with van der Waals surface area (Å²) in [6.45, 7) is 2.84. The maximum absolute atomic E-state index is 12.2. The molecule has 0 saturated carbocycles. The third-order valence-corrected chi connectivity index (χ3v) is 4.06. The highest BCUT2D eigenvalue weighted by atomic mass is 35.5. The molecule has 0 aliphatic carbocycles. The van der Waals surface area contributed by atoms with Crippen molar-refractivity contribution in [1.82, 2.24) is 0 Å². The summed E-state index contributed by atoms with van der Waals surface area (Å²) >= 11 is 7.02. The van der Waals surface area contributed by atoms with Crippen molar-refractivity contribution >= 4 is 28.5 Å². The molecule has 21 heavy (non-hydrogen) atoms. The Balaban J connectivity index is 1.94. The second kappa shape index (κ2) is 8.11. The fraction of sp³-hybridized carbons (Fsp3) is 0.235. The van der Waals surface area contributed by atoms with E-state index in [1.807, 2.05) is 24.3 Å². The number of carbonyl (C=O) groups excluding carboxylic acids is 1. The van der Waals surface area contributed by atoms with Gasteiger partial charge in [0.2, 0.25) is 5.12 Å². The van der Waals surface area contributed by atoms with Crippen molar-refractivity contribution in [2.45, 2.75) is 24.7 Å². The minimum Gasteiger partial charge on any atom is -0.494 e. The molecule has 0 bridgehead atoms. The Kier molecular flexibility index (Phi) is 6.15. The fourth-order valence-electron chi connectivity index (χ4n) is 1.69. The van der Waals surface area contributed by atoms with Gasteiger partial charge in [-0.3, -0.25) is 4.79 Å². The SMILES string of the molecule is CCCCOc1ccc(C(=O)Sc2ccc(Cl)cc2)cc1. The van der Waals surface area contributed by atoms with Gasteiger partial charge in [0.25, 0.3) is 0 Å². The van der Waals surface area contributed by atoms with Gasteiger partial charge in [0, 0.05) is 15.5 Å². The average Bonchev–Trinajstić information content (AvgIpc) is 2.50. The van der Waals surface area contributed by atoms with Gasteiger partial charge in [-0.05, 0) is 66.7 Å². The number of hydrogen-bond donors (Lipinski definition) is 0. The summed E-state index contributed by atoms with van der Waals surface area (Å²) in [6, 6.07) is 14.5. The first-order valence-electron chi connectivity index (χ1n) is 6.89. The smallest absolute Gasteiger partial charge is 0.224 e. The molecule has 2 rings (SSSR count). The van der Waals surface area contributed by atoms with Gasteiger partial charge in [0.1, 0.15) is 5.75 Å². The molecule has 0 spiro atoms. The number of hydrogen-bond acceptors (Lipinski definition) is 3. The van der Waals surface area contributed by atoms with Crippen LogP contribution in [-0.2, 0) is 0 Å². The van der Waals surface area contributed by atoms with Crippen LogP contribution in [0.3, 0.4) is 0 Å². The molecule has 0 amide bonds. The third kappa shape index (κ3) is 5.10. The second-order valence-electron chi connectivity index (χ2n) is 4.57. The van der Waals surface area contributed by atoms with Gasteiger partial charge in [-0.25, -0.2) is 0 Å². The van der Waals surface area contributed by atoms with Gasteiger partial charge in [-0.2, -0.15) is 0 Å². The molecule has 4 heteroatoms. The molecule has 0 N–H and O–H groups in total. The molecule has 0 aromatic heterocycles. The molecule has 2 aromatic carbocycles. The zero-order chi connectivity index (χ0) is 15.1. The molecule has 0 radical (unpaired) electrons. The average molecular weight is 321 g/mol. The van der Waals surface area contributed by atoms with Crippen LogP contribution in [0.2, 0.25) is 5.02 Å². The van der Waals surface area contributed by atoms with Gasteiger partial charge in [-0.15, -0.1) is 0 Å². The summed E-state index contributed by atoms with van der Waals surface area (Å²) in [6.07, 6.45) is 2.14. The van der Waals surface area contributed by atoms with E-state index >= 15 is 0 Å². The standard InChI is InChI=1S/C17H17ClO2S/c1-2-3-12-20-15-8-4-13(5-9-15)17(19)21-16-10-6-14(18)7-11-16/h4-11H,2-3,12H2,1H3. The normalized spacial score (nSPS) is 10.4. The Morgan fingerprint density at radius 3 is 2.38 bits per heavy atom. The Labute approximate surface area is 134 Å². The number of halogens is 1. The van der Waals surface area contributed by atoms with Crippen molar-refractivity contribution in [3.05, 3.63) is 59.1 Å². The summed E-state index contributed by atoms with van der Waals surface area (Å²) < 4.78 is 5.58. The number of carbonyl (C=O) groups is 1. The van der Waals surface area contributed by atoms with Gasteiger partial charge >= 0.3 is 0 Å². The van der Waals surface area contributed by atoms with Crippen LogP contribution in [-0.4, -0.2) is 11.7 Å². The number of ether oxygens (including phenoxy) is 1. The van der Waals surface area contributed by atoms with E-state index in [1.54, 1.807) is 24.3 Å². The summed E-state index contributed by atoms with van der Waals surface area (Å²) in [7, 11) is 0. The molecule has 0 saturated heterocycles. The second-order valence-corrected chi connectivity index (χ2v) is 6.05. The molecular weight excluding hydrogens is 304 g/mol. The van der Waals surface area contributed by atoms with E-state index in [4.69, 9.17) is 16.3 Å². The molecule has 0 aliphatic rings. The summed E-state index contributed by atoms with van der Waals surface area (Å²) in [5.41, 5.74) is 0.665. The predicted molar refractivity (Wildman–Crippen MR) is 88.5 cm³/mol. The molecule has 0 unspecified atom stereocenters. The first kappa shape index (κ1) is 15.9. The topological polar surface area (TPSA) is 26.3 Å². The Morgan fingerprint density at radius 2 is 1.76 bits per heavy atom. The highest BCUT2D eigenvalue weighted by Gasteiger charge is 2.08. The predicted octanol–water partition coefficient (Wildman–Crippen LogP) is 5.45. The van der Waals surface area contributed by atoms with Crippen molar-refractivity contribution in [2.75, 3.05) is 6.61 Å². The quantitative estimate of drug-likeness (QED) is 0.523. The lowest BCUT2D eigenvalue weighted by atomic mass is 10.2. The van der Waals surface area contributed by atoms with E-state index in [2.05, 4.69) is 6.92 Å². The van der Waals surface area contributed by atoms with Crippen LogP contribution in [0, 0.1) is 0 Å². The molecule has 0 fully saturated rings. The largest absolute Gasteiger partial charge is 0.494 e. The van der Waals surface area contributed by atoms with Crippen LogP contribution < -0.4 is 4.74 Å². The van der Waals surface area contributed by atoms with Crippen LogP contribution in [0.4, 0.5) is 0 Å². The first-order valence-corrected chi connectivity index (χ1v) is 8.09. The maximum Gasteiger partial charge on any atom is 0.224 e. The van der Waals surface area contributed by atoms with Gasteiger partial charge in [-0.1, -0.05) is 24.9 Å². The lowest BCUT2D eigenvalue weighted by molar-refractivity contribution is 0.108. The van der Waals surface area contributed by atoms with Crippen LogP contribution >= 0.6 is 23.4 Å². The van der Waals surface area contributed by atoms with E-state index in [9.17, 15) is 4.79 Å². The number of unbranched alkanes of at least 4 members (excludes halogenated alkanes) is 1. The van der Waals surface area contributed by atoms with E-state index in [1.165, 1.54) is 11.8 Å². The Bertz CT molecular complexity index is 579. The summed E-state index contributed by atoms with van der Waals surface area (Å²) in [5.74, 6) is 0.802. The van der Waals surface area contributed by atoms with Crippen molar-refractivity contribution < 1.29 is 9.53 Å². The zero-order valence-electron chi connectivity index (χ0n) is 11.8. The van der Waals surface area contributed by atoms with Crippen LogP contribution in [0.25, 0.3) is 0 Å². The van der Waals surface area contributed by atoms with E-state index < -0.39 is 0 Å². The van der Waals surface area contributed by atoms with E-state index in [0.717, 1.165) is 23.5 Å². The van der Waals surface area contributed by atoms with Crippen molar-refractivity contribution in [3.63, 3.8) is 0 Å². The summed E-state index contributed by atoms with van der Waals surface area (Å²) in [4.78, 5) is 13.0. The minimum absolute atomic E-state index is 0.0115. The Hall–Kier alpha value is -1.45. The van der Waals surface area contributed by atoms with Crippen molar-refractivity contribution in [2.24, 2.45) is 0 Å². The van der Waals surface area contributed by atoms with E-state index in [0.29, 0.717) is 17.2 Å². The Morgan fingerprint density at radius 1 is 1.10 bits per heavy atom. The highest BCUT2D eigenvalue weighted by Crippen LogP contribution is 2.25. The van der Waals surface area contributed by atoms with Gasteiger partial charge < -0.3 is 4.74 Å². The summed E-state index contributed by atoms with van der Waals surface area (Å²) in [5, 5.41) is 0.679. The third-order valence-electron chi connectivity index (χ3n) is 2.88. The lowest BCUT2D eigenvalue weighted by Crippen LogP contribution is -1.97. The molecule has 0 heterocycles. The van der Waals surface area contributed by atoms with Gasteiger partial charge in [0.05, 0.1) is 6.61 Å². The number of rotatable bonds is 6. The highest BCUT2D eigenvalue weighted by molar-refractivity contribution is 8.14. The molecule has 2 nitrogen and oxygen atoms in total. The van der Waals surface area contributed by atoms with Gasteiger partial charge in [0.15, 0.2) is 0 Å². The monoisotopic (exact) mass is 320 g/mol. The molecule has 110 valence electrons. The van der Waals surface area contributed by atoms with Crippen molar-refractivity contribution in [3.8, 4) is 5.75 Å². The minimum atomic E-state index is 0.0115. The first-order chi connectivity index (χ1) is 10.2. The number of thioether (sulfide) groups is 1. The molecular formula is C17H17ClO2S. The van der Waals surface area contributed by atoms with Crippen LogP contribution in [0.15, 0.2) is 53.4 Å².